The van der Waals surface area contributed by atoms with E-state index in [-0.39, 0.29) is 11.5 Å². The molecule has 0 saturated carbocycles. The number of hydrogen-bond acceptors (Lipinski definition) is 4. The molecule has 0 fully saturated rings. The first-order chi connectivity index (χ1) is 8.97. The Morgan fingerprint density at radius 2 is 2.05 bits per heavy atom. The second-order valence-corrected chi connectivity index (χ2v) is 5.30. The van der Waals surface area contributed by atoms with E-state index in [0.717, 1.165) is 0 Å². The lowest BCUT2D eigenvalue weighted by molar-refractivity contribution is -0.384. The molecule has 1 aromatic heterocycles. The molecule has 0 atom stereocenters. The van der Waals surface area contributed by atoms with E-state index in [4.69, 9.17) is 0 Å². The van der Waals surface area contributed by atoms with Crippen molar-refractivity contribution in [2.75, 3.05) is 5.32 Å². The summed E-state index contributed by atoms with van der Waals surface area (Å²) in [6.07, 6.45) is 1.42. The Morgan fingerprint density at radius 1 is 1.32 bits per heavy atom. The Balaban J connectivity index is 2.43. The number of nitro groups is 1. The quantitative estimate of drug-likeness (QED) is 0.623. The van der Waals surface area contributed by atoms with Crippen molar-refractivity contribution in [3.63, 3.8) is 0 Å². The van der Waals surface area contributed by atoms with Crippen LogP contribution in [0, 0.1) is 15.9 Å². The van der Waals surface area contributed by atoms with Crippen LogP contribution in [-0.2, 0) is 0 Å². The smallest absolute Gasteiger partial charge is 0.312 e. The molecule has 0 radical (unpaired) electrons. The fraction of sp³-hybridized carbons (Fsp3) is 0. The van der Waals surface area contributed by atoms with Gasteiger partial charge in [-0.1, -0.05) is 0 Å². The first-order valence-corrected chi connectivity index (χ1v) is 6.58. The largest absolute Gasteiger partial charge is 0.333 e. The predicted octanol–water partition coefficient (Wildman–Crippen LogP) is 4.40. The summed E-state index contributed by atoms with van der Waals surface area (Å²) in [6, 6.07) is 5.32. The van der Waals surface area contributed by atoms with Gasteiger partial charge in [0.1, 0.15) is 5.82 Å². The number of anilines is 2. The molecule has 98 valence electrons. The zero-order chi connectivity index (χ0) is 14.0. The van der Waals surface area contributed by atoms with Gasteiger partial charge in [-0.15, -0.1) is 0 Å². The molecule has 5 nitrogen and oxygen atoms in total. The predicted molar refractivity (Wildman–Crippen MR) is 76.0 cm³/mol. The van der Waals surface area contributed by atoms with Gasteiger partial charge in [-0.2, -0.15) is 0 Å². The molecule has 0 spiro atoms. The van der Waals surface area contributed by atoms with Crippen molar-refractivity contribution < 1.29 is 9.31 Å². The number of halogens is 3. The molecule has 0 aliphatic carbocycles. The molecular formula is C11H6Br2FN3O2. The van der Waals surface area contributed by atoms with Gasteiger partial charge < -0.3 is 5.32 Å². The molecule has 0 bridgehead atoms. The van der Waals surface area contributed by atoms with Crippen LogP contribution in [-0.4, -0.2) is 9.91 Å². The van der Waals surface area contributed by atoms with Crippen molar-refractivity contribution in [2.45, 2.75) is 0 Å². The minimum Gasteiger partial charge on any atom is -0.333 e. The van der Waals surface area contributed by atoms with E-state index in [1.807, 2.05) is 0 Å². The van der Waals surface area contributed by atoms with E-state index in [9.17, 15) is 14.5 Å². The molecule has 1 aromatic carbocycles. The van der Waals surface area contributed by atoms with E-state index >= 15 is 0 Å². The zero-order valence-electron chi connectivity index (χ0n) is 9.23. The van der Waals surface area contributed by atoms with E-state index in [1.165, 1.54) is 30.5 Å². The van der Waals surface area contributed by atoms with Crippen molar-refractivity contribution in [1.29, 1.82) is 0 Å². The summed E-state index contributed by atoms with van der Waals surface area (Å²) in [5.74, 6) is -0.412. The van der Waals surface area contributed by atoms with Crippen LogP contribution in [0.5, 0.6) is 0 Å². The van der Waals surface area contributed by atoms with Gasteiger partial charge in [-0.3, -0.25) is 10.1 Å². The van der Waals surface area contributed by atoms with Crippen molar-refractivity contribution in [2.24, 2.45) is 0 Å². The normalized spacial score (nSPS) is 10.3. The summed E-state index contributed by atoms with van der Waals surface area (Å²) in [5, 5.41) is 13.7. The van der Waals surface area contributed by atoms with Crippen molar-refractivity contribution >= 4 is 49.1 Å². The van der Waals surface area contributed by atoms with Crippen LogP contribution in [0.4, 0.5) is 21.6 Å². The average molecular weight is 391 g/mol. The highest BCUT2D eigenvalue weighted by molar-refractivity contribution is 9.10. The molecule has 2 rings (SSSR count). The summed E-state index contributed by atoms with van der Waals surface area (Å²) in [7, 11) is 0. The fourth-order valence-electron chi connectivity index (χ4n) is 1.38. The van der Waals surface area contributed by atoms with Gasteiger partial charge in [-0.25, -0.2) is 9.37 Å². The van der Waals surface area contributed by atoms with E-state index < -0.39 is 10.7 Å². The van der Waals surface area contributed by atoms with Gasteiger partial charge in [0.05, 0.1) is 10.6 Å². The number of benzene rings is 1. The van der Waals surface area contributed by atoms with Gasteiger partial charge in [0.2, 0.25) is 5.82 Å². The highest BCUT2D eigenvalue weighted by Gasteiger charge is 2.17. The van der Waals surface area contributed by atoms with Crippen molar-refractivity contribution in [3.05, 3.63) is 55.3 Å². The maximum atomic E-state index is 13.2. The Hall–Kier alpha value is -1.54. The van der Waals surface area contributed by atoms with Gasteiger partial charge in [-0.05, 0) is 50.1 Å². The average Bonchev–Trinajstić information content (AvgIpc) is 2.35. The first-order valence-electron chi connectivity index (χ1n) is 4.99. The lowest BCUT2D eigenvalue weighted by Gasteiger charge is -2.08. The third-order valence-corrected chi connectivity index (χ3v) is 3.34. The monoisotopic (exact) mass is 389 g/mol. The summed E-state index contributed by atoms with van der Waals surface area (Å²) in [4.78, 5) is 14.3. The zero-order valence-corrected chi connectivity index (χ0v) is 12.4. The third kappa shape index (κ3) is 3.27. The lowest BCUT2D eigenvalue weighted by atomic mass is 10.3. The van der Waals surface area contributed by atoms with E-state index in [2.05, 4.69) is 42.2 Å². The van der Waals surface area contributed by atoms with Crippen LogP contribution in [0.1, 0.15) is 0 Å². The van der Waals surface area contributed by atoms with Crippen LogP contribution in [0.3, 0.4) is 0 Å². The van der Waals surface area contributed by atoms with Crippen LogP contribution in [0.25, 0.3) is 0 Å². The third-order valence-electron chi connectivity index (χ3n) is 2.21. The van der Waals surface area contributed by atoms with E-state index in [1.54, 1.807) is 0 Å². The van der Waals surface area contributed by atoms with Crippen LogP contribution in [0.2, 0.25) is 0 Å². The molecule has 2 aromatic rings. The number of pyridine rings is 1. The Bertz CT molecular complexity index is 652. The van der Waals surface area contributed by atoms with Gasteiger partial charge in [0.25, 0.3) is 0 Å². The SMILES string of the molecule is O=[N+]([O-])c1cc(Br)cnc1Nc1cc(F)ccc1Br. The molecule has 0 saturated heterocycles. The molecule has 1 heterocycles. The highest BCUT2D eigenvalue weighted by Crippen LogP contribution is 2.31. The molecule has 0 aliphatic rings. The number of hydrogen-bond donors (Lipinski definition) is 1. The molecule has 1 N–H and O–H groups in total. The van der Waals surface area contributed by atoms with Crippen LogP contribution >= 0.6 is 31.9 Å². The number of nitrogens with zero attached hydrogens (tertiary/aromatic N) is 2. The summed E-state index contributed by atoms with van der Waals surface area (Å²) in [5.41, 5.74) is 0.156. The second-order valence-electron chi connectivity index (χ2n) is 3.53. The summed E-state index contributed by atoms with van der Waals surface area (Å²) >= 11 is 6.34. The van der Waals surface area contributed by atoms with Gasteiger partial charge >= 0.3 is 5.69 Å². The van der Waals surface area contributed by atoms with Crippen LogP contribution in [0.15, 0.2) is 39.4 Å². The molecule has 8 heteroatoms. The van der Waals surface area contributed by atoms with E-state index in [0.29, 0.717) is 14.6 Å². The Kier molecular flexibility index (Phi) is 4.11. The minimum absolute atomic E-state index is 0.0412. The second kappa shape index (κ2) is 5.62. The minimum atomic E-state index is -0.562. The fourth-order valence-corrected chi connectivity index (χ4v) is 2.05. The molecule has 0 unspecified atom stereocenters. The topological polar surface area (TPSA) is 68.1 Å². The lowest BCUT2D eigenvalue weighted by Crippen LogP contribution is -2.00. The van der Waals surface area contributed by atoms with Crippen molar-refractivity contribution in [1.82, 2.24) is 4.98 Å². The van der Waals surface area contributed by atoms with Crippen LogP contribution < -0.4 is 5.32 Å². The van der Waals surface area contributed by atoms with Gasteiger partial charge in [0, 0.05) is 21.2 Å². The molecule has 19 heavy (non-hydrogen) atoms. The number of rotatable bonds is 3. The summed E-state index contributed by atoms with van der Waals surface area (Å²) in [6.45, 7) is 0. The number of aromatic nitrogens is 1. The van der Waals surface area contributed by atoms with Gasteiger partial charge in [0.15, 0.2) is 0 Å². The molecule has 0 amide bonds. The molecular weight excluding hydrogens is 385 g/mol. The first kappa shape index (κ1) is 13.9. The Morgan fingerprint density at radius 3 is 2.74 bits per heavy atom. The van der Waals surface area contributed by atoms with Crippen molar-refractivity contribution in [3.8, 4) is 0 Å². The molecule has 0 aliphatic heterocycles. The highest BCUT2D eigenvalue weighted by atomic mass is 79.9. The summed E-state index contributed by atoms with van der Waals surface area (Å²) < 4.78 is 14.2. The maximum absolute atomic E-state index is 13.2. The Labute approximate surface area is 124 Å². The standard InChI is InChI=1S/C11H6Br2FN3O2/c12-6-3-10(17(18)19)11(15-5-6)16-9-4-7(14)1-2-8(9)13/h1-5H,(H,15,16). The number of nitrogens with one attached hydrogen (secondary N) is 1. The maximum Gasteiger partial charge on any atom is 0.312 e.